The van der Waals surface area contributed by atoms with Crippen molar-refractivity contribution in [3.63, 3.8) is 0 Å². The molecule has 4 nitrogen and oxygen atoms in total. The standard InChI is InChI=1S/C31H34ClN2O2/c1-6-33(7-2)26-16-10-22(11-17-26)12-19-29-31(3,4)27-20-25(32)15-18-28(27)34(29)21-23-8-13-24(14-9-23)30(35)36-5/h8-20H,6-7,21H2,1-5H3/q+1. The number of anilines is 1. The van der Waals surface area contributed by atoms with Gasteiger partial charge in [0, 0.05) is 47.1 Å². The number of rotatable bonds is 8. The van der Waals surface area contributed by atoms with Crippen molar-refractivity contribution in [1.29, 1.82) is 0 Å². The summed E-state index contributed by atoms with van der Waals surface area (Å²) in [6.45, 7) is 11.5. The molecule has 0 atom stereocenters. The predicted molar refractivity (Wildman–Crippen MR) is 150 cm³/mol. The molecule has 1 heterocycles. The van der Waals surface area contributed by atoms with E-state index in [1.54, 1.807) is 0 Å². The Kier molecular flexibility index (Phi) is 7.65. The molecule has 0 saturated carbocycles. The normalized spacial score (nSPS) is 14.3. The highest BCUT2D eigenvalue weighted by atomic mass is 35.5. The van der Waals surface area contributed by atoms with Crippen LogP contribution in [0.3, 0.4) is 0 Å². The molecule has 36 heavy (non-hydrogen) atoms. The molecule has 0 N–H and O–H groups in total. The van der Waals surface area contributed by atoms with E-state index >= 15 is 0 Å². The summed E-state index contributed by atoms with van der Waals surface area (Å²) in [6, 6.07) is 22.4. The van der Waals surface area contributed by atoms with Gasteiger partial charge in [-0.15, -0.1) is 0 Å². The van der Waals surface area contributed by atoms with Crippen molar-refractivity contribution in [1.82, 2.24) is 0 Å². The second-order valence-electron chi connectivity index (χ2n) is 9.54. The summed E-state index contributed by atoms with van der Waals surface area (Å²) in [5.74, 6) is -0.328. The molecule has 5 heteroatoms. The summed E-state index contributed by atoms with van der Waals surface area (Å²) in [6.07, 6.45) is 4.41. The van der Waals surface area contributed by atoms with E-state index in [9.17, 15) is 4.79 Å². The van der Waals surface area contributed by atoms with Crippen molar-refractivity contribution < 1.29 is 14.1 Å². The Morgan fingerprint density at radius 1 is 0.972 bits per heavy atom. The Morgan fingerprint density at radius 2 is 1.64 bits per heavy atom. The van der Waals surface area contributed by atoms with Crippen LogP contribution in [0.15, 0.2) is 72.8 Å². The van der Waals surface area contributed by atoms with Gasteiger partial charge < -0.3 is 9.64 Å². The number of benzene rings is 3. The number of hydrogen-bond acceptors (Lipinski definition) is 3. The Bertz CT molecular complexity index is 1300. The Balaban J connectivity index is 1.71. The van der Waals surface area contributed by atoms with Crippen molar-refractivity contribution in [2.24, 2.45) is 0 Å². The van der Waals surface area contributed by atoms with Crippen molar-refractivity contribution >= 4 is 40.7 Å². The molecular weight excluding hydrogens is 468 g/mol. The number of esters is 1. The molecule has 3 aromatic carbocycles. The lowest BCUT2D eigenvalue weighted by Crippen LogP contribution is -2.27. The molecule has 0 saturated heterocycles. The number of hydrogen-bond donors (Lipinski definition) is 0. The quantitative estimate of drug-likeness (QED) is 0.240. The number of carbonyl (C=O) groups excluding carboxylic acids is 1. The first kappa shape index (κ1) is 25.7. The van der Waals surface area contributed by atoms with Crippen LogP contribution in [0.5, 0.6) is 0 Å². The smallest absolute Gasteiger partial charge is 0.337 e. The summed E-state index contributed by atoms with van der Waals surface area (Å²) < 4.78 is 7.19. The Hall–Kier alpha value is -3.37. The van der Waals surface area contributed by atoms with Gasteiger partial charge in [-0.3, -0.25) is 0 Å². The zero-order chi connectivity index (χ0) is 25.9. The number of carbonyl (C=O) groups is 1. The van der Waals surface area contributed by atoms with Gasteiger partial charge in [-0.1, -0.05) is 35.9 Å². The van der Waals surface area contributed by atoms with Crippen LogP contribution in [0, 0.1) is 0 Å². The highest BCUT2D eigenvalue weighted by Gasteiger charge is 2.44. The largest absolute Gasteiger partial charge is 0.465 e. The van der Waals surface area contributed by atoms with Gasteiger partial charge in [0.15, 0.2) is 12.3 Å². The minimum absolute atomic E-state index is 0.218. The van der Waals surface area contributed by atoms with E-state index in [0.29, 0.717) is 12.1 Å². The number of nitrogens with zero attached hydrogens (tertiary/aromatic N) is 2. The second-order valence-corrected chi connectivity index (χ2v) is 9.98. The number of ether oxygens (including phenoxy) is 1. The van der Waals surface area contributed by atoms with E-state index in [-0.39, 0.29) is 11.4 Å². The molecule has 0 amide bonds. The maximum absolute atomic E-state index is 11.9. The highest BCUT2D eigenvalue weighted by molar-refractivity contribution is 6.30. The maximum Gasteiger partial charge on any atom is 0.337 e. The van der Waals surface area contributed by atoms with Gasteiger partial charge in [-0.2, -0.15) is 4.58 Å². The minimum Gasteiger partial charge on any atom is -0.465 e. The summed E-state index contributed by atoms with van der Waals surface area (Å²) >= 11 is 6.41. The van der Waals surface area contributed by atoms with Gasteiger partial charge in [0.1, 0.15) is 0 Å². The molecule has 186 valence electrons. The monoisotopic (exact) mass is 501 g/mol. The highest BCUT2D eigenvalue weighted by Crippen LogP contribution is 2.42. The predicted octanol–water partition coefficient (Wildman–Crippen LogP) is 7.26. The van der Waals surface area contributed by atoms with Crippen molar-refractivity contribution in [3.8, 4) is 0 Å². The number of allylic oxidation sites excluding steroid dienone is 1. The third kappa shape index (κ3) is 5.10. The van der Waals surface area contributed by atoms with Gasteiger partial charge in [0.05, 0.1) is 18.1 Å². The summed E-state index contributed by atoms with van der Waals surface area (Å²) in [5, 5.41) is 0.737. The Labute approximate surface area is 219 Å². The van der Waals surface area contributed by atoms with Crippen LogP contribution in [0.1, 0.15) is 54.7 Å². The SMILES string of the molecule is CCN(CC)c1ccc(/C=C/C2=[N+](Cc3ccc(C(=O)OC)cc3)c3ccc(Cl)cc3C2(C)C)cc1. The summed E-state index contributed by atoms with van der Waals surface area (Å²) in [4.78, 5) is 14.2. The fourth-order valence-electron chi connectivity index (χ4n) is 4.92. The van der Waals surface area contributed by atoms with E-state index in [2.05, 4.69) is 85.7 Å². The molecule has 0 radical (unpaired) electrons. The fourth-order valence-corrected chi connectivity index (χ4v) is 5.10. The average Bonchev–Trinajstić information content (AvgIpc) is 3.09. The molecular formula is C31H34ClN2O2+. The third-order valence-electron chi connectivity index (χ3n) is 7.02. The van der Waals surface area contributed by atoms with Gasteiger partial charge in [0.2, 0.25) is 5.69 Å². The number of halogens is 1. The van der Waals surface area contributed by atoms with Crippen LogP contribution < -0.4 is 4.90 Å². The molecule has 0 bridgehead atoms. The molecule has 0 spiro atoms. The average molecular weight is 502 g/mol. The zero-order valence-electron chi connectivity index (χ0n) is 21.7. The summed E-state index contributed by atoms with van der Waals surface area (Å²) in [7, 11) is 1.40. The molecule has 0 aliphatic carbocycles. The molecule has 0 fully saturated rings. The van der Waals surface area contributed by atoms with Crippen LogP contribution in [-0.2, 0) is 16.7 Å². The molecule has 4 rings (SSSR count). The van der Waals surface area contributed by atoms with Gasteiger partial charge in [-0.05, 0) is 75.7 Å². The second kappa shape index (κ2) is 10.7. The van der Waals surface area contributed by atoms with Crippen LogP contribution in [0.25, 0.3) is 6.08 Å². The first-order valence-electron chi connectivity index (χ1n) is 12.4. The van der Waals surface area contributed by atoms with Gasteiger partial charge in [0.25, 0.3) is 0 Å². The first-order chi connectivity index (χ1) is 17.3. The van der Waals surface area contributed by atoms with E-state index in [1.807, 2.05) is 30.3 Å². The van der Waals surface area contributed by atoms with E-state index in [1.165, 1.54) is 24.1 Å². The molecule has 1 aliphatic heterocycles. The lowest BCUT2D eigenvalue weighted by Gasteiger charge is -2.20. The van der Waals surface area contributed by atoms with Crippen molar-refractivity contribution in [2.45, 2.75) is 39.7 Å². The van der Waals surface area contributed by atoms with Crippen LogP contribution in [-0.4, -0.2) is 36.5 Å². The zero-order valence-corrected chi connectivity index (χ0v) is 22.5. The lowest BCUT2D eigenvalue weighted by molar-refractivity contribution is -0.455. The molecule has 1 aliphatic rings. The fraction of sp³-hybridized carbons (Fsp3) is 0.290. The maximum atomic E-state index is 11.9. The van der Waals surface area contributed by atoms with Gasteiger partial charge >= 0.3 is 5.97 Å². The first-order valence-corrected chi connectivity index (χ1v) is 12.8. The summed E-state index contributed by atoms with van der Waals surface area (Å²) in [5.41, 5.74) is 7.39. The van der Waals surface area contributed by atoms with Crippen LogP contribution >= 0.6 is 11.6 Å². The van der Waals surface area contributed by atoms with Gasteiger partial charge in [-0.25, -0.2) is 4.79 Å². The van der Waals surface area contributed by atoms with Crippen LogP contribution in [0.2, 0.25) is 5.02 Å². The molecule has 0 aromatic heterocycles. The van der Waals surface area contributed by atoms with E-state index < -0.39 is 0 Å². The number of fused-ring (bicyclic) bond motifs is 1. The lowest BCUT2D eigenvalue weighted by atomic mass is 9.81. The van der Waals surface area contributed by atoms with Crippen LogP contribution in [0.4, 0.5) is 11.4 Å². The minimum atomic E-state index is -0.328. The van der Waals surface area contributed by atoms with Crippen molar-refractivity contribution in [3.05, 3.63) is 100 Å². The molecule has 3 aromatic rings. The Morgan fingerprint density at radius 3 is 2.25 bits per heavy atom. The topological polar surface area (TPSA) is 32.5 Å². The third-order valence-corrected chi connectivity index (χ3v) is 7.26. The van der Waals surface area contributed by atoms with Crippen molar-refractivity contribution in [2.75, 3.05) is 25.1 Å². The number of methoxy groups -OCH3 is 1. The van der Waals surface area contributed by atoms with E-state index in [4.69, 9.17) is 16.3 Å². The van der Waals surface area contributed by atoms with E-state index in [0.717, 1.165) is 34.9 Å². The molecule has 0 unspecified atom stereocenters.